The van der Waals surface area contributed by atoms with Crippen molar-refractivity contribution in [1.82, 2.24) is 16.3 Å². The van der Waals surface area contributed by atoms with Crippen LogP contribution in [-0.4, -0.2) is 33.7 Å². The molecule has 0 saturated heterocycles. The highest BCUT2D eigenvalue weighted by atomic mass is 32.2. The second kappa shape index (κ2) is 8.32. The van der Waals surface area contributed by atoms with E-state index in [9.17, 15) is 18.0 Å². The lowest BCUT2D eigenvalue weighted by molar-refractivity contribution is 0.0963. The third-order valence-corrected chi connectivity index (χ3v) is 4.14. The monoisotopic (exact) mass is 378 g/mol. The highest BCUT2D eigenvalue weighted by molar-refractivity contribution is 7.92. The molecule has 3 amide bonds. The molecular formula is C16H18N4O5S. The average Bonchev–Trinajstić information content (AvgIpc) is 2.61. The number of nitrogens with one attached hydrogen (secondary N) is 3. The quantitative estimate of drug-likeness (QED) is 0.646. The summed E-state index contributed by atoms with van der Waals surface area (Å²) in [4.78, 5) is 23.9. The minimum atomic E-state index is -3.72. The van der Waals surface area contributed by atoms with Crippen molar-refractivity contribution in [2.24, 2.45) is 0 Å². The summed E-state index contributed by atoms with van der Waals surface area (Å²) in [6.45, 7) is 0. The van der Waals surface area contributed by atoms with E-state index in [0.29, 0.717) is 5.75 Å². The van der Waals surface area contributed by atoms with Gasteiger partial charge >= 0.3 is 6.03 Å². The third-order valence-electron chi connectivity index (χ3n) is 3.17. The molecule has 0 aliphatic carbocycles. The zero-order valence-electron chi connectivity index (χ0n) is 14.1. The highest BCUT2D eigenvalue weighted by Crippen LogP contribution is 2.13. The van der Waals surface area contributed by atoms with Gasteiger partial charge in [-0.1, -0.05) is 18.2 Å². The number of nitrogens with zero attached hydrogens (tertiary/aromatic N) is 1. The molecule has 0 bridgehead atoms. The number of imide groups is 1. The van der Waals surface area contributed by atoms with E-state index >= 15 is 0 Å². The van der Waals surface area contributed by atoms with Crippen molar-refractivity contribution >= 4 is 27.6 Å². The fraction of sp³-hybridized carbons (Fsp3) is 0.125. The number of methoxy groups -OCH3 is 1. The Bertz CT molecular complexity index is 869. The normalized spacial score (nSPS) is 10.7. The number of hydrogen-bond acceptors (Lipinski definition) is 6. The minimum absolute atomic E-state index is 0.240. The van der Waals surface area contributed by atoms with Gasteiger partial charge in [-0.15, -0.1) is 5.53 Å². The fourth-order valence-electron chi connectivity index (χ4n) is 1.95. The lowest BCUT2D eigenvalue weighted by Crippen LogP contribution is -2.55. The molecule has 0 unspecified atom stereocenters. The van der Waals surface area contributed by atoms with Gasteiger partial charge in [-0.25, -0.2) is 13.2 Å². The van der Waals surface area contributed by atoms with E-state index in [1.54, 1.807) is 30.3 Å². The van der Waals surface area contributed by atoms with Crippen LogP contribution in [0.25, 0.3) is 0 Å². The van der Waals surface area contributed by atoms with E-state index in [2.05, 4.69) is 16.3 Å². The summed E-state index contributed by atoms with van der Waals surface area (Å²) in [5.41, 5.74) is 4.90. The Balaban J connectivity index is 1.98. The van der Waals surface area contributed by atoms with Crippen molar-refractivity contribution < 1.29 is 22.7 Å². The molecule has 0 saturated carbocycles. The van der Waals surface area contributed by atoms with Crippen LogP contribution in [-0.2, 0) is 10.0 Å². The van der Waals surface area contributed by atoms with Gasteiger partial charge in [0, 0.05) is 5.56 Å². The van der Waals surface area contributed by atoms with Gasteiger partial charge in [0.1, 0.15) is 5.75 Å². The summed E-state index contributed by atoms with van der Waals surface area (Å²) < 4.78 is 29.5. The van der Waals surface area contributed by atoms with Crippen molar-refractivity contribution in [3.8, 4) is 5.75 Å². The molecule has 0 radical (unpaired) electrons. The van der Waals surface area contributed by atoms with Gasteiger partial charge in [-0.3, -0.25) is 15.5 Å². The van der Waals surface area contributed by atoms with Crippen LogP contribution >= 0.6 is 0 Å². The molecule has 0 atom stereocenters. The number of benzene rings is 2. The molecule has 9 nitrogen and oxygen atoms in total. The number of para-hydroxylation sites is 1. The van der Waals surface area contributed by atoms with Crippen molar-refractivity contribution in [3.63, 3.8) is 0 Å². The standard InChI is InChI=1S/C16H18N4O5S/c1-25-14-10-8-12(9-11-14)15(21)17-16(22)18-19-20(26(2,23)24)13-6-4-3-5-7-13/h3-11,19H,1-2H3,(H2,17,18,21,22). The molecular weight excluding hydrogens is 360 g/mol. The molecule has 2 rings (SSSR count). The number of rotatable bonds is 6. The number of ether oxygens (including phenoxy) is 1. The maximum absolute atomic E-state index is 12.0. The zero-order chi connectivity index (χ0) is 19.2. The molecule has 2 aromatic rings. The van der Waals surface area contributed by atoms with Gasteiger partial charge in [-0.05, 0) is 36.4 Å². The van der Waals surface area contributed by atoms with Crippen molar-refractivity contribution in [2.75, 3.05) is 17.8 Å². The molecule has 0 aromatic heterocycles. The molecule has 0 aliphatic rings. The molecule has 0 spiro atoms. The van der Waals surface area contributed by atoms with Crippen LogP contribution in [0.15, 0.2) is 54.6 Å². The number of urea groups is 1. The first kappa shape index (κ1) is 19.2. The van der Waals surface area contributed by atoms with Gasteiger partial charge in [0.15, 0.2) is 0 Å². The van der Waals surface area contributed by atoms with E-state index < -0.39 is 22.0 Å². The molecule has 10 heteroatoms. The zero-order valence-corrected chi connectivity index (χ0v) is 14.9. The molecule has 138 valence electrons. The third kappa shape index (κ3) is 5.19. The number of carbonyl (C=O) groups is 2. The first-order chi connectivity index (χ1) is 12.3. The summed E-state index contributed by atoms with van der Waals surface area (Å²) in [7, 11) is -2.23. The summed E-state index contributed by atoms with van der Waals surface area (Å²) in [5, 5.41) is 2.08. The number of amides is 3. The average molecular weight is 378 g/mol. The summed E-state index contributed by atoms with van der Waals surface area (Å²) >= 11 is 0. The maximum Gasteiger partial charge on any atom is 0.337 e. The number of hydrogen-bond donors (Lipinski definition) is 3. The summed E-state index contributed by atoms with van der Waals surface area (Å²) in [6.07, 6.45) is 0.967. The van der Waals surface area contributed by atoms with Gasteiger partial charge in [-0.2, -0.15) is 4.41 Å². The maximum atomic E-state index is 12.0. The van der Waals surface area contributed by atoms with Crippen LogP contribution in [0.4, 0.5) is 10.5 Å². The van der Waals surface area contributed by atoms with E-state index in [1.807, 2.05) is 0 Å². The lowest BCUT2D eigenvalue weighted by atomic mass is 10.2. The molecule has 3 N–H and O–H groups in total. The van der Waals surface area contributed by atoms with Crippen LogP contribution < -0.4 is 25.4 Å². The number of hydrazine groups is 2. The van der Waals surface area contributed by atoms with Gasteiger partial charge in [0.05, 0.1) is 19.1 Å². The largest absolute Gasteiger partial charge is 0.497 e. The second-order valence-corrected chi connectivity index (χ2v) is 6.94. The summed E-state index contributed by atoms with van der Waals surface area (Å²) in [6, 6.07) is 13.3. The topological polar surface area (TPSA) is 117 Å². The Kier molecular flexibility index (Phi) is 6.15. The van der Waals surface area contributed by atoms with Crippen molar-refractivity contribution in [3.05, 3.63) is 60.2 Å². The number of carbonyl (C=O) groups excluding carboxylic acids is 2. The fourth-order valence-corrected chi connectivity index (χ4v) is 2.67. The van der Waals surface area contributed by atoms with E-state index in [4.69, 9.17) is 4.74 Å². The smallest absolute Gasteiger partial charge is 0.337 e. The second-order valence-electron chi connectivity index (χ2n) is 5.11. The van der Waals surface area contributed by atoms with E-state index in [0.717, 1.165) is 10.7 Å². The predicted molar refractivity (Wildman–Crippen MR) is 95.9 cm³/mol. The summed E-state index contributed by atoms with van der Waals surface area (Å²) in [5.74, 6) is -0.0862. The van der Waals surface area contributed by atoms with Gasteiger partial charge in [0.2, 0.25) is 10.0 Å². The van der Waals surface area contributed by atoms with Crippen LogP contribution in [0.5, 0.6) is 5.75 Å². The lowest BCUT2D eigenvalue weighted by Gasteiger charge is -2.23. The van der Waals surface area contributed by atoms with Crippen LogP contribution in [0.3, 0.4) is 0 Å². The SMILES string of the molecule is COc1ccc(C(=O)NC(=O)NNN(c2ccccc2)S(C)(=O)=O)cc1. The molecule has 0 aliphatic heterocycles. The Labute approximate surface area is 150 Å². The molecule has 26 heavy (non-hydrogen) atoms. The molecule has 0 heterocycles. The van der Waals surface area contributed by atoms with E-state index in [-0.39, 0.29) is 11.3 Å². The Morgan fingerprint density at radius 1 is 1.00 bits per heavy atom. The van der Waals surface area contributed by atoms with Crippen LogP contribution in [0, 0.1) is 0 Å². The Morgan fingerprint density at radius 3 is 2.15 bits per heavy atom. The Hall–Kier alpha value is -3.11. The van der Waals surface area contributed by atoms with Crippen LogP contribution in [0.1, 0.15) is 10.4 Å². The van der Waals surface area contributed by atoms with Crippen LogP contribution in [0.2, 0.25) is 0 Å². The van der Waals surface area contributed by atoms with Crippen molar-refractivity contribution in [2.45, 2.75) is 0 Å². The van der Waals surface area contributed by atoms with E-state index in [1.165, 1.54) is 31.4 Å². The molecule has 0 fully saturated rings. The number of anilines is 1. The Morgan fingerprint density at radius 2 is 1.62 bits per heavy atom. The molecule has 2 aromatic carbocycles. The predicted octanol–water partition coefficient (Wildman–Crippen LogP) is 1.02. The highest BCUT2D eigenvalue weighted by Gasteiger charge is 2.18. The van der Waals surface area contributed by atoms with Gasteiger partial charge in [0.25, 0.3) is 5.91 Å². The first-order valence-electron chi connectivity index (χ1n) is 7.37. The number of sulfonamides is 1. The van der Waals surface area contributed by atoms with Gasteiger partial charge < -0.3 is 4.74 Å². The minimum Gasteiger partial charge on any atom is -0.497 e. The van der Waals surface area contributed by atoms with Crippen molar-refractivity contribution in [1.29, 1.82) is 0 Å². The first-order valence-corrected chi connectivity index (χ1v) is 9.22.